The minimum atomic E-state index is -0.159. The summed E-state index contributed by atoms with van der Waals surface area (Å²) in [6.07, 6.45) is 16.0. The van der Waals surface area contributed by atoms with Crippen LogP contribution in [0.15, 0.2) is 24.3 Å². The summed E-state index contributed by atoms with van der Waals surface area (Å²) < 4.78 is 0. The quantitative estimate of drug-likeness (QED) is 0.263. The first-order chi connectivity index (χ1) is 14.5. The number of Topliss-reactive ketones (excluding diaryl/α,β-unsaturated/α-hetero) is 1. The largest absolute Gasteiger partial charge is 0.299 e. The molecule has 0 spiro atoms. The Morgan fingerprint density at radius 2 is 1.68 bits per heavy atom. The SMILES string of the molecule is C=C(CCC=CC=O)C1CCC2(C)C1CCC1C3(C)CCC(=O)C(C)(C)C3CCC12C. The van der Waals surface area contributed by atoms with E-state index in [0.717, 1.165) is 43.8 Å². The third-order valence-corrected chi connectivity index (χ3v) is 11.5. The van der Waals surface area contributed by atoms with Crippen molar-refractivity contribution in [3.63, 3.8) is 0 Å². The molecule has 0 N–H and O–H groups in total. The van der Waals surface area contributed by atoms with E-state index in [0.29, 0.717) is 33.9 Å². The van der Waals surface area contributed by atoms with E-state index in [-0.39, 0.29) is 5.41 Å². The zero-order valence-electron chi connectivity index (χ0n) is 20.6. The Labute approximate surface area is 190 Å². The van der Waals surface area contributed by atoms with Crippen molar-refractivity contribution < 1.29 is 9.59 Å². The van der Waals surface area contributed by atoms with Crippen LogP contribution in [0.3, 0.4) is 0 Å². The van der Waals surface area contributed by atoms with Gasteiger partial charge in [-0.25, -0.2) is 0 Å². The Morgan fingerprint density at radius 3 is 2.39 bits per heavy atom. The maximum absolute atomic E-state index is 12.8. The van der Waals surface area contributed by atoms with Gasteiger partial charge >= 0.3 is 0 Å². The molecule has 2 nitrogen and oxygen atoms in total. The van der Waals surface area contributed by atoms with Crippen LogP contribution in [0.5, 0.6) is 0 Å². The van der Waals surface area contributed by atoms with Crippen LogP contribution < -0.4 is 0 Å². The van der Waals surface area contributed by atoms with Gasteiger partial charge < -0.3 is 0 Å². The Kier molecular flexibility index (Phi) is 5.71. The van der Waals surface area contributed by atoms with Crippen molar-refractivity contribution in [2.75, 3.05) is 0 Å². The fourth-order valence-corrected chi connectivity index (χ4v) is 9.64. The lowest BCUT2D eigenvalue weighted by Crippen LogP contribution is -2.63. The molecule has 0 amide bonds. The summed E-state index contributed by atoms with van der Waals surface area (Å²) in [5.41, 5.74) is 2.29. The minimum Gasteiger partial charge on any atom is -0.299 e. The Hall–Kier alpha value is -1.18. The second-order valence-electron chi connectivity index (χ2n) is 12.7. The van der Waals surface area contributed by atoms with E-state index in [2.05, 4.69) is 41.2 Å². The molecule has 4 aliphatic carbocycles. The number of hydrogen-bond donors (Lipinski definition) is 0. The van der Waals surface area contributed by atoms with Crippen molar-refractivity contribution >= 4 is 12.1 Å². The van der Waals surface area contributed by atoms with Crippen molar-refractivity contribution in [3.05, 3.63) is 24.3 Å². The smallest absolute Gasteiger partial charge is 0.142 e. The van der Waals surface area contributed by atoms with Crippen molar-refractivity contribution in [2.24, 2.45) is 45.3 Å². The molecule has 0 bridgehead atoms. The normalized spacial score (nSPS) is 46.3. The maximum Gasteiger partial charge on any atom is 0.142 e. The molecular weight excluding hydrogens is 380 g/mol. The van der Waals surface area contributed by atoms with Crippen LogP contribution in [0.4, 0.5) is 0 Å². The summed E-state index contributed by atoms with van der Waals surface area (Å²) in [5.74, 6) is 3.16. The molecule has 4 rings (SSSR count). The average molecular weight is 425 g/mol. The van der Waals surface area contributed by atoms with E-state index in [1.807, 2.05) is 6.08 Å². The van der Waals surface area contributed by atoms with Gasteiger partial charge in [-0.15, -0.1) is 0 Å². The lowest BCUT2D eigenvalue weighted by molar-refractivity contribution is -0.201. The van der Waals surface area contributed by atoms with Crippen LogP contribution >= 0.6 is 0 Å². The third-order valence-electron chi connectivity index (χ3n) is 11.5. The molecule has 0 radical (unpaired) electrons. The first-order valence-corrected chi connectivity index (χ1v) is 12.8. The fourth-order valence-electron chi connectivity index (χ4n) is 9.64. The molecule has 4 saturated carbocycles. The molecular formula is C29H44O2. The number of fused-ring (bicyclic) bond motifs is 5. The lowest BCUT2D eigenvalue weighted by Gasteiger charge is -2.69. The van der Waals surface area contributed by atoms with Gasteiger partial charge in [0.2, 0.25) is 0 Å². The van der Waals surface area contributed by atoms with Crippen LogP contribution in [0.1, 0.15) is 98.8 Å². The number of aldehydes is 1. The fraction of sp³-hybridized carbons (Fsp3) is 0.793. The van der Waals surface area contributed by atoms with Gasteiger partial charge in [-0.3, -0.25) is 9.59 Å². The van der Waals surface area contributed by atoms with Crippen LogP contribution in [-0.2, 0) is 9.59 Å². The molecule has 172 valence electrons. The predicted octanol–water partition coefficient (Wildman–Crippen LogP) is 7.33. The van der Waals surface area contributed by atoms with E-state index in [1.54, 1.807) is 6.08 Å². The molecule has 0 heterocycles. The van der Waals surface area contributed by atoms with Crippen molar-refractivity contribution in [1.82, 2.24) is 0 Å². The zero-order valence-corrected chi connectivity index (χ0v) is 20.6. The van der Waals surface area contributed by atoms with E-state index >= 15 is 0 Å². The Balaban J connectivity index is 1.59. The van der Waals surface area contributed by atoms with E-state index in [4.69, 9.17) is 0 Å². The minimum absolute atomic E-state index is 0.159. The molecule has 4 aliphatic rings. The summed E-state index contributed by atoms with van der Waals surface area (Å²) in [6.45, 7) is 16.8. The lowest BCUT2D eigenvalue weighted by atomic mass is 9.35. The number of ketones is 1. The highest BCUT2D eigenvalue weighted by atomic mass is 16.1. The van der Waals surface area contributed by atoms with Crippen molar-refractivity contribution in [1.29, 1.82) is 0 Å². The summed E-state index contributed by atoms with van der Waals surface area (Å²) in [4.78, 5) is 23.4. The van der Waals surface area contributed by atoms with Gasteiger partial charge in [0, 0.05) is 11.8 Å². The van der Waals surface area contributed by atoms with E-state index in [1.165, 1.54) is 44.1 Å². The molecule has 2 heteroatoms. The number of carbonyl (C=O) groups is 2. The molecule has 7 atom stereocenters. The summed E-state index contributed by atoms with van der Waals surface area (Å²) in [6, 6.07) is 0. The molecule has 4 fully saturated rings. The topological polar surface area (TPSA) is 34.1 Å². The molecule has 0 saturated heterocycles. The molecule has 0 aromatic heterocycles. The molecule has 0 aliphatic heterocycles. The van der Waals surface area contributed by atoms with Crippen LogP contribution in [0.2, 0.25) is 0 Å². The first kappa shape index (κ1) is 23.0. The monoisotopic (exact) mass is 424 g/mol. The second-order valence-corrected chi connectivity index (χ2v) is 12.7. The van der Waals surface area contributed by atoms with Gasteiger partial charge in [-0.1, -0.05) is 52.8 Å². The van der Waals surface area contributed by atoms with Crippen LogP contribution in [-0.4, -0.2) is 12.1 Å². The Bertz CT molecular complexity index is 791. The summed E-state index contributed by atoms with van der Waals surface area (Å²) in [7, 11) is 0. The predicted molar refractivity (Wildman–Crippen MR) is 128 cm³/mol. The highest BCUT2D eigenvalue weighted by Gasteiger charge is 2.68. The number of carbonyl (C=O) groups excluding carboxylic acids is 2. The standard InChI is InChI=1S/C29H44O2/c1-20(10-8-7-9-19-30)21-13-17-28(5)22(21)11-12-24-27(4)16-15-25(31)26(2,3)23(27)14-18-29(24,28)6/h7,9,19,21-24H,1,8,10-18H2,2-6H3. The van der Waals surface area contributed by atoms with Gasteiger partial charge in [0.05, 0.1) is 0 Å². The zero-order chi connectivity index (χ0) is 22.7. The molecule has 31 heavy (non-hydrogen) atoms. The summed E-state index contributed by atoms with van der Waals surface area (Å²) in [5, 5.41) is 0. The van der Waals surface area contributed by atoms with E-state index < -0.39 is 0 Å². The average Bonchev–Trinajstić information content (AvgIpc) is 3.07. The van der Waals surface area contributed by atoms with Crippen LogP contribution in [0.25, 0.3) is 0 Å². The maximum atomic E-state index is 12.8. The van der Waals surface area contributed by atoms with Gasteiger partial charge in [0.25, 0.3) is 0 Å². The van der Waals surface area contributed by atoms with Crippen molar-refractivity contribution in [2.45, 2.75) is 98.8 Å². The molecule has 7 unspecified atom stereocenters. The molecule has 0 aromatic rings. The highest BCUT2D eigenvalue weighted by molar-refractivity contribution is 5.85. The third kappa shape index (κ3) is 3.17. The number of allylic oxidation sites excluding steroid dienone is 3. The second kappa shape index (κ2) is 7.70. The van der Waals surface area contributed by atoms with E-state index in [9.17, 15) is 9.59 Å². The number of rotatable bonds is 5. The van der Waals surface area contributed by atoms with Crippen molar-refractivity contribution in [3.8, 4) is 0 Å². The van der Waals surface area contributed by atoms with Gasteiger partial charge in [-0.2, -0.15) is 0 Å². The first-order valence-electron chi connectivity index (χ1n) is 12.8. The summed E-state index contributed by atoms with van der Waals surface area (Å²) >= 11 is 0. The van der Waals surface area contributed by atoms with Gasteiger partial charge in [0.1, 0.15) is 12.1 Å². The Morgan fingerprint density at radius 1 is 0.968 bits per heavy atom. The molecule has 0 aromatic carbocycles. The van der Waals surface area contributed by atoms with Gasteiger partial charge in [0.15, 0.2) is 0 Å². The number of hydrogen-bond acceptors (Lipinski definition) is 2. The van der Waals surface area contributed by atoms with Gasteiger partial charge in [-0.05, 0) is 104 Å². The highest BCUT2D eigenvalue weighted by Crippen LogP contribution is 2.75. The van der Waals surface area contributed by atoms with Crippen LogP contribution in [0, 0.1) is 45.3 Å².